The Balaban J connectivity index is 1.26. The van der Waals surface area contributed by atoms with Crippen LogP contribution in [0.15, 0.2) is 66.7 Å². The fourth-order valence-electron chi connectivity index (χ4n) is 6.23. The van der Waals surface area contributed by atoms with Gasteiger partial charge >= 0.3 is 0 Å². The second-order valence-electron chi connectivity index (χ2n) is 11.8. The van der Waals surface area contributed by atoms with Crippen LogP contribution in [0.4, 0.5) is 5.69 Å². The van der Waals surface area contributed by atoms with E-state index in [0.29, 0.717) is 0 Å². The summed E-state index contributed by atoms with van der Waals surface area (Å²) in [6.45, 7) is 12.6. The van der Waals surface area contributed by atoms with Gasteiger partial charge in [0, 0.05) is 37.3 Å². The van der Waals surface area contributed by atoms with E-state index in [1.807, 2.05) is 12.1 Å². The summed E-state index contributed by atoms with van der Waals surface area (Å²) in [5.41, 5.74) is 4.79. The molecule has 0 aromatic heterocycles. The zero-order chi connectivity index (χ0) is 28.0. The molecule has 2 aliphatic heterocycles. The molecule has 5 heteroatoms. The lowest BCUT2D eigenvalue weighted by Gasteiger charge is -2.42. The van der Waals surface area contributed by atoms with Crippen LogP contribution >= 0.6 is 0 Å². The van der Waals surface area contributed by atoms with Gasteiger partial charge in [0.25, 0.3) is 0 Å². The Kier molecular flexibility index (Phi) is 9.21. The number of ether oxygens (including phenoxy) is 3. The molecule has 1 saturated heterocycles. The van der Waals surface area contributed by atoms with Crippen LogP contribution < -0.4 is 19.1 Å². The Labute approximate surface area is 241 Å². The van der Waals surface area contributed by atoms with Crippen molar-refractivity contribution in [2.45, 2.75) is 70.9 Å². The summed E-state index contributed by atoms with van der Waals surface area (Å²) in [6.07, 6.45) is 6.31. The normalized spacial score (nSPS) is 18.8. The highest BCUT2D eigenvalue weighted by atomic mass is 16.5. The van der Waals surface area contributed by atoms with E-state index in [-0.39, 0.29) is 11.5 Å². The largest absolute Gasteiger partial charge is 0.497 e. The molecule has 2 aliphatic rings. The number of anilines is 1. The van der Waals surface area contributed by atoms with Crippen molar-refractivity contribution < 1.29 is 14.2 Å². The molecule has 0 spiro atoms. The van der Waals surface area contributed by atoms with Gasteiger partial charge in [-0.15, -0.1) is 0 Å². The number of rotatable bonds is 10. The van der Waals surface area contributed by atoms with Gasteiger partial charge in [0.05, 0.1) is 7.11 Å². The van der Waals surface area contributed by atoms with Gasteiger partial charge in [-0.3, -0.25) is 4.90 Å². The first-order valence-electron chi connectivity index (χ1n) is 15.1. The fraction of sp³-hybridized carbons (Fsp3) is 0.486. The van der Waals surface area contributed by atoms with Crippen molar-refractivity contribution in [3.63, 3.8) is 0 Å². The molecule has 0 saturated carbocycles. The molecule has 0 N–H and O–H groups in total. The van der Waals surface area contributed by atoms with E-state index in [9.17, 15) is 0 Å². The summed E-state index contributed by atoms with van der Waals surface area (Å²) >= 11 is 0. The maximum absolute atomic E-state index is 6.59. The van der Waals surface area contributed by atoms with E-state index in [1.54, 1.807) is 7.11 Å². The zero-order valence-electron chi connectivity index (χ0n) is 24.8. The number of methoxy groups -OCH3 is 1. The topological polar surface area (TPSA) is 34.2 Å². The zero-order valence-corrected chi connectivity index (χ0v) is 24.8. The summed E-state index contributed by atoms with van der Waals surface area (Å²) in [5, 5.41) is 0. The van der Waals surface area contributed by atoms with E-state index >= 15 is 0 Å². The average molecular weight is 543 g/mol. The average Bonchev–Trinajstić information content (AvgIpc) is 3.24. The van der Waals surface area contributed by atoms with Crippen LogP contribution in [0.3, 0.4) is 0 Å². The van der Waals surface area contributed by atoms with Crippen LogP contribution in [0, 0.1) is 0 Å². The van der Waals surface area contributed by atoms with Gasteiger partial charge in [-0.2, -0.15) is 0 Å². The third-order valence-electron chi connectivity index (χ3n) is 8.62. The highest BCUT2D eigenvalue weighted by molar-refractivity contribution is 5.58. The molecule has 0 amide bonds. The molecule has 3 aromatic carbocycles. The Morgan fingerprint density at radius 1 is 0.925 bits per heavy atom. The van der Waals surface area contributed by atoms with Crippen LogP contribution in [0.1, 0.15) is 69.1 Å². The molecule has 1 unspecified atom stereocenters. The SMILES string of the molecule is CCN(Cc1ccc(OCCN2CCCCCC2)cc1)c1ccccc1C1Cc2ccc(OC)cc2OC1(C)C. The van der Waals surface area contributed by atoms with Crippen LogP contribution in [-0.4, -0.2) is 50.4 Å². The Morgan fingerprint density at radius 2 is 1.65 bits per heavy atom. The molecule has 2 heterocycles. The lowest BCUT2D eigenvalue weighted by Crippen LogP contribution is -2.41. The monoisotopic (exact) mass is 542 g/mol. The molecule has 1 fully saturated rings. The molecule has 1 atom stereocenters. The number of fused-ring (bicyclic) bond motifs is 1. The van der Waals surface area contributed by atoms with Gasteiger partial charge in [0.1, 0.15) is 29.5 Å². The van der Waals surface area contributed by atoms with Crippen molar-refractivity contribution in [3.8, 4) is 17.2 Å². The second kappa shape index (κ2) is 13.0. The highest BCUT2D eigenvalue weighted by Crippen LogP contribution is 2.46. The predicted octanol–water partition coefficient (Wildman–Crippen LogP) is 7.47. The quantitative estimate of drug-likeness (QED) is 0.265. The first kappa shape index (κ1) is 28.4. The first-order chi connectivity index (χ1) is 19.5. The third-order valence-corrected chi connectivity index (χ3v) is 8.62. The minimum absolute atomic E-state index is 0.235. The van der Waals surface area contributed by atoms with Gasteiger partial charge in [-0.05, 0) is 94.1 Å². The summed E-state index contributed by atoms with van der Waals surface area (Å²) < 4.78 is 18.1. The number of benzene rings is 3. The molecule has 0 aliphatic carbocycles. The van der Waals surface area contributed by atoms with Crippen molar-refractivity contribution in [3.05, 3.63) is 83.4 Å². The van der Waals surface area contributed by atoms with Gasteiger partial charge < -0.3 is 19.1 Å². The number of nitrogens with zero attached hydrogens (tertiary/aromatic N) is 2. The van der Waals surface area contributed by atoms with Crippen molar-refractivity contribution in [1.29, 1.82) is 0 Å². The summed E-state index contributed by atoms with van der Waals surface area (Å²) in [5.74, 6) is 2.95. The molecule has 0 radical (unpaired) electrons. The molecule has 0 bridgehead atoms. The summed E-state index contributed by atoms with van der Waals surface area (Å²) in [7, 11) is 1.70. The van der Waals surface area contributed by atoms with Crippen molar-refractivity contribution in [2.24, 2.45) is 0 Å². The second-order valence-corrected chi connectivity index (χ2v) is 11.8. The fourth-order valence-corrected chi connectivity index (χ4v) is 6.23. The minimum atomic E-state index is -0.346. The van der Waals surface area contributed by atoms with E-state index < -0.39 is 0 Å². The molecule has 3 aromatic rings. The maximum atomic E-state index is 6.59. The molecule has 5 rings (SSSR count). The standard InChI is InChI=1S/C35H46N2O3/c1-5-37(26-27-14-17-29(18-15-27)39-23-22-36-20-10-6-7-11-21-36)33-13-9-8-12-31(33)32-24-28-16-19-30(38-4)25-34(28)40-35(32,2)3/h8-9,12-19,25,32H,5-7,10-11,20-24,26H2,1-4H3. The molecular weight excluding hydrogens is 496 g/mol. The van der Waals surface area contributed by atoms with Crippen molar-refractivity contribution in [2.75, 3.05) is 44.8 Å². The van der Waals surface area contributed by atoms with Crippen LogP contribution in [0.25, 0.3) is 0 Å². The van der Waals surface area contributed by atoms with Gasteiger partial charge in [0.2, 0.25) is 0 Å². The van der Waals surface area contributed by atoms with Gasteiger partial charge in [0.15, 0.2) is 0 Å². The molecular formula is C35H46N2O3. The molecule has 214 valence electrons. The Hall–Kier alpha value is -3.18. The number of hydrogen-bond donors (Lipinski definition) is 0. The summed E-state index contributed by atoms with van der Waals surface area (Å²) in [6, 6.07) is 23.7. The maximum Gasteiger partial charge on any atom is 0.127 e. The van der Waals surface area contributed by atoms with Crippen LogP contribution in [-0.2, 0) is 13.0 Å². The van der Waals surface area contributed by atoms with E-state index in [2.05, 4.69) is 85.2 Å². The summed E-state index contributed by atoms with van der Waals surface area (Å²) in [4.78, 5) is 5.02. The number of likely N-dealkylation sites (tertiary alicyclic amines) is 1. The van der Waals surface area contributed by atoms with Crippen LogP contribution in [0.5, 0.6) is 17.2 Å². The minimum Gasteiger partial charge on any atom is -0.497 e. The van der Waals surface area contributed by atoms with Gasteiger partial charge in [-0.1, -0.05) is 49.2 Å². The number of para-hydroxylation sites is 1. The molecule has 5 nitrogen and oxygen atoms in total. The van der Waals surface area contributed by atoms with Crippen LogP contribution in [0.2, 0.25) is 0 Å². The molecule has 40 heavy (non-hydrogen) atoms. The Morgan fingerprint density at radius 3 is 2.38 bits per heavy atom. The Bertz CT molecular complexity index is 1230. The van der Waals surface area contributed by atoms with E-state index in [1.165, 1.54) is 61.2 Å². The third kappa shape index (κ3) is 6.75. The van der Waals surface area contributed by atoms with Crippen molar-refractivity contribution >= 4 is 5.69 Å². The lowest BCUT2D eigenvalue weighted by atomic mass is 9.77. The highest BCUT2D eigenvalue weighted by Gasteiger charge is 2.39. The van der Waals surface area contributed by atoms with E-state index in [0.717, 1.165) is 49.9 Å². The lowest BCUT2D eigenvalue weighted by molar-refractivity contribution is 0.0612. The van der Waals surface area contributed by atoms with Crippen molar-refractivity contribution in [1.82, 2.24) is 4.90 Å². The van der Waals surface area contributed by atoms with Gasteiger partial charge in [-0.25, -0.2) is 0 Å². The smallest absolute Gasteiger partial charge is 0.127 e. The predicted molar refractivity (Wildman–Crippen MR) is 164 cm³/mol. The first-order valence-corrected chi connectivity index (χ1v) is 15.1. The van der Waals surface area contributed by atoms with E-state index in [4.69, 9.17) is 14.2 Å². The number of hydrogen-bond acceptors (Lipinski definition) is 5.